The first-order valence-electron chi connectivity index (χ1n) is 9.75. The molecule has 0 saturated carbocycles. The number of fused-ring (bicyclic) bond motifs is 1. The molecule has 0 spiro atoms. The maximum Gasteiger partial charge on any atom is 0.323 e. The number of carbonyl (C=O) groups excluding carboxylic acids is 2. The van der Waals surface area contributed by atoms with E-state index in [-0.39, 0.29) is 29.3 Å². The first-order valence-corrected chi connectivity index (χ1v) is 12.6. The summed E-state index contributed by atoms with van der Waals surface area (Å²) in [6.07, 6.45) is 0.302. The number of likely N-dealkylation sites (tertiary alicyclic amines) is 1. The molecule has 0 aliphatic carbocycles. The van der Waals surface area contributed by atoms with E-state index in [4.69, 9.17) is 17.3 Å². The van der Waals surface area contributed by atoms with Crippen LogP contribution >= 0.6 is 22.9 Å². The minimum atomic E-state index is -3.59. The Bertz CT molecular complexity index is 1290. The largest absolute Gasteiger partial charge is 0.351 e. The number of thiophene rings is 1. The number of nitrogens with zero attached hydrogens (tertiary/aromatic N) is 2. The predicted octanol–water partition coefficient (Wildman–Crippen LogP) is 4.09. The number of rotatable bonds is 5. The van der Waals surface area contributed by atoms with E-state index < -0.39 is 34.1 Å². The van der Waals surface area contributed by atoms with Crippen molar-refractivity contribution in [2.24, 2.45) is 5.73 Å². The van der Waals surface area contributed by atoms with Gasteiger partial charge in [0.25, 0.3) is 0 Å². The molecule has 1 aliphatic rings. The fourth-order valence-corrected chi connectivity index (χ4v) is 6.89. The predicted molar refractivity (Wildman–Crippen MR) is 122 cm³/mol. The van der Waals surface area contributed by atoms with Gasteiger partial charge < -0.3 is 16.0 Å². The van der Waals surface area contributed by atoms with Crippen molar-refractivity contribution in [3.63, 3.8) is 0 Å². The molecule has 0 unspecified atom stereocenters. The van der Waals surface area contributed by atoms with Gasteiger partial charge in [-0.25, -0.2) is 22.4 Å². The monoisotopic (exact) mass is 498 g/mol. The zero-order valence-corrected chi connectivity index (χ0v) is 19.1. The van der Waals surface area contributed by atoms with Crippen LogP contribution in [0.15, 0.2) is 46.8 Å². The zero-order chi connectivity index (χ0) is 23.0. The van der Waals surface area contributed by atoms with Gasteiger partial charge >= 0.3 is 12.1 Å². The standard InChI is InChI=1S/C20H20ClFN4O4S2/c21-17-5-6-18(31-17)32(29,30)8-7-13-9-12(22)10-25(13)20(28)24-15-11-26(19(23)27)16-4-2-1-3-14(15)16/h1-6,11-13H,7-10H2,(H2,23,27)(H,24,28)/t12-,13-/m1/s1. The zero-order valence-electron chi connectivity index (χ0n) is 16.7. The van der Waals surface area contributed by atoms with E-state index in [1.807, 2.05) is 0 Å². The lowest BCUT2D eigenvalue weighted by Crippen LogP contribution is -2.39. The number of urea groups is 1. The minimum Gasteiger partial charge on any atom is -0.351 e. The van der Waals surface area contributed by atoms with Crippen molar-refractivity contribution in [1.29, 1.82) is 0 Å². The van der Waals surface area contributed by atoms with Crippen molar-refractivity contribution >= 4 is 61.4 Å². The van der Waals surface area contributed by atoms with Crippen LogP contribution in [-0.2, 0) is 9.84 Å². The number of benzene rings is 1. The number of carbonyl (C=O) groups is 2. The third-order valence-electron chi connectivity index (χ3n) is 5.39. The summed E-state index contributed by atoms with van der Waals surface area (Å²) in [6, 6.07) is 7.99. The van der Waals surface area contributed by atoms with Crippen LogP contribution in [0.3, 0.4) is 0 Å². The van der Waals surface area contributed by atoms with Crippen molar-refractivity contribution < 1.29 is 22.4 Å². The van der Waals surface area contributed by atoms with Gasteiger partial charge in [0, 0.05) is 24.0 Å². The molecule has 1 fully saturated rings. The van der Waals surface area contributed by atoms with E-state index in [0.717, 1.165) is 11.3 Å². The summed E-state index contributed by atoms with van der Waals surface area (Å²) in [5.74, 6) is -0.230. The molecule has 1 saturated heterocycles. The molecule has 2 aromatic heterocycles. The number of nitrogens with two attached hydrogens (primary N) is 1. The van der Waals surface area contributed by atoms with Crippen LogP contribution < -0.4 is 11.1 Å². The Labute approximate surface area is 192 Å². The molecule has 0 radical (unpaired) electrons. The van der Waals surface area contributed by atoms with E-state index in [0.29, 0.717) is 20.9 Å². The van der Waals surface area contributed by atoms with Gasteiger partial charge in [0.2, 0.25) is 0 Å². The summed E-state index contributed by atoms with van der Waals surface area (Å²) in [4.78, 5) is 26.0. The number of hydrogen-bond acceptors (Lipinski definition) is 5. The number of anilines is 1. The van der Waals surface area contributed by atoms with Crippen molar-refractivity contribution in [1.82, 2.24) is 9.47 Å². The molecule has 0 bridgehead atoms. The summed E-state index contributed by atoms with van der Waals surface area (Å²) >= 11 is 6.79. The Morgan fingerprint density at radius 3 is 2.69 bits per heavy atom. The second kappa shape index (κ2) is 8.72. The highest BCUT2D eigenvalue weighted by Crippen LogP contribution is 2.30. The smallest absolute Gasteiger partial charge is 0.323 e. The fraction of sp³-hybridized carbons (Fsp3) is 0.300. The van der Waals surface area contributed by atoms with Crippen LogP contribution in [-0.4, -0.2) is 54.5 Å². The van der Waals surface area contributed by atoms with E-state index in [1.54, 1.807) is 24.3 Å². The summed E-state index contributed by atoms with van der Waals surface area (Å²) < 4.78 is 41.0. The molecule has 3 heterocycles. The van der Waals surface area contributed by atoms with E-state index >= 15 is 0 Å². The Balaban J connectivity index is 1.50. The summed E-state index contributed by atoms with van der Waals surface area (Å²) in [7, 11) is -3.59. The van der Waals surface area contributed by atoms with Crippen LogP contribution in [0.5, 0.6) is 0 Å². The molecule has 3 aromatic rings. The van der Waals surface area contributed by atoms with Gasteiger partial charge in [0.1, 0.15) is 10.4 Å². The van der Waals surface area contributed by atoms with Crippen molar-refractivity contribution in [3.05, 3.63) is 46.9 Å². The SMILES string of the molecule is NC(=O)n1cc(NC(=O)N2C[C@H](F)C[C@H]2CCS(=O)(=O)c2ccc(Cl)s2)c2ccccc21. The number of para-hydroxylation sites is 1. The maximum atomic E-state index is 14.2. The topological polar surface area (TPSA) is 114 Å². The quantitative estimate of drug-likeness (QED) is 0.551. The highest BCUT2D eigenvalue weighted by Gasteiger charge is 2.36. The van der Waals surface area contributed by atoms with Gasteiger partial charge in [-0.05, 0) is 24.6 Å². The number of amides is 3. The fourth-order valence-electron chi connectivity index (χ4n) is 3.89. The molecule has 32 heavy (non-hydrogen) atoms. The lowest BCUT2D eigenvalue weighted by Gasteiger charge is -2.24. The summed E-state index contributed by atoms with van der Waals surface area (Å²) in [5.41, 5.74) is 6.28. The van der Waals surface area contributed by atoms with Crippen LogP contribution in [0.2, 0.25) is 4.34 Å². The Hall–Kier alpha value is -2.63. The van der Waals surface area contributed by atoms with Gasteiger partial charge in [-0.15, -0.1) is 11.3 Å². The van der Waals surface area contributed by atoms with Crippen molar-refractivity contribution in [2.75, 3.05) is 17.6 Å². The van der Waals surface area contributed by atoms with Crippen LogP contribution in [0, 0.1) is 0 Å². The van der Waals surface area contributed by atoms with Crippen LogP contribution in [0.4, 0.5) is 19.7 Å². The normalized spacial score (nSPS) is 18.9. The average molecular weight is 499 g/mol. The average Bonchev–Trinajstić information content (AvgIpc) is 3.44. The number of sulfone groups is 1. The Morgan fingerprint density at radius 1 is 1.25 bits per heavy atom. The lowest BCUT2D eigenvalue weighted by molar-refractivity contribution is 0.203. The molecule has 4 rings (SSSR count). The van der Waals surface area contributed by atoms with E-state index in [2.05, 4.69) is 5.32 Å². The number of halogens is 2. The Morgan fingerprint density at radius 2 is 2.00 bits per heavy atom. The molecule has 3 N–H and O–H groups in total. The first kappa shape index (κ1) is 22.6. The van der Waals surface area contributed by atoms with Crippen molar-refractivity contribution in [2.45, 2.75) is 29.3 Å². The molecule has 1 aliphatic heterocycles. The maximum absolute atomic E-state index is 14.2. The van der Waals surface area contributed by atoms with Crippen LogP contribution in [0.25, 0.3) is 10.9 Å². The highest BCUT2D eigenvalue weighted by molar-refractivity contribution is 7.93. The number of aromatic nitrogens is 1. The van der Waals surface area contributed by atoms with E-state index in [9.17, 15) is 22.4 Å². The molecular formula is C20H20ClFN4O4S2. The molecule has 1 aromatic carbocycles. The summed E-state index contributed by atoms with van der Waals surface area (Å²) in [5, 5.41) is 3.31. The molecule has 8 nitrogen and oxygen atoms in total. The molecule has 2 atom stereocenters. The highest BCUT2D eigenvalue weighted by atomic mass is 35.5. The Kier molecular flexibility index (Phi) is 6.15. The third kappa shape index (κ3) is 4.45. The molecule has 12 heteroatoms. The number of alkyl halides is 1. The van der Waals surface area contributed by atoms with Crippen LogP contribution in [0.1, 0.15) is 12.8 Å². The molecule has 170 valence electrons. The first-order chi connectivity index (χ1) is 15.2. The van der Waals surface area contributed by atoms with Gasteiger partial charge in [0.15, 0.2) is 9.84 Å². The second-order valence-corrected chi connectivity index (χ2v) is 11.6. The summed E-state index contributed by atoms with van der Waals surface area (Å²) in [6.45, 7) is -0.143. The number of nitrogens with one attached hydrogen (secondary N) is 1. The van der Waals surface area contributed by atoms with Gasteiger partial charge in [-0.1, -0.05) is 29.8 Å². The lowest BCUT2D eigenvalue weighted by atomic mass is 10.1. The number of hydrogen-bond donors (Lipinski definition) is 2. The van der Waals surface area contributed by atoms with Gasteiger partial charge in [-0.2, -0.15) is 0 Å². The van der Waals surface area contributed by atoms with Gasteiger partial charge in [0.05, 0.1) is 27.8 Å². The van der Waals surface area contributed by atoms with Crippen molar-refractivity contribution in [3.8, 4) is 0 Å². The van der Waals surface area contributed by atoms with Gasteiger partial charge in [-0.3, -0.25) is 4.57 Å². The second-order valence-electron chi connectivity index (χ2n) is 7.50. The molecular weight excluding hydrogens is 479 g/mol. The van der Waals surface area contributed by atoms with E-state index in [1.165, 1.54) is 27.8 Å². The minimum absolute atomic E-state index is 0.0528. The number of primary amides is 1. The third-order valence-corrected chi connectivity index (χ3v) is 8.95. The molecule has 3 amide bonds.